The van der Waals surface area contributed by atoms with Crippen LogP contribution >= 0.6 is 0 Å². The first-order valence-corrected chi connectivity index (χ1v) is 10.3. The van der Waals surface area contributed by atoms with Crippen LogP contribution in [0.25, 0.3) is 11.1 Å². The van der Waals surface area contributed by atoms with E-state index in [4.69, 9.17) is 14.2 Å². The van der Waals surface area contributed by atoms with Crippen molar-refractivity contribution >= 4 is 5.97 Å². The Bertz CT molecular complexity index is 1040. The Morgan fingerprint density at radius 2 is 1.81 bits per heavy atom. The van der Waals surface area contributed by atoms with Gasteiger partial charge in [0, 0.05) is 6.54 Å². The van der Waals surface area contributed by atoms with E-state index in [2.05, 4.69) is 52.0 Å². The summed E-state index contributed by atoms with van der Waals surface area (Å²) in [6.07, 6.45) is 1.38. The van der Waals surface area contributed by atoms with Gasteiger partial charge in [-0.05, 0) is 16.7 Å². The van der Waals surface area contributed by atoms with Gasteiger partial charge in [0.25, 0.3) is 0 Å². The summed E-state index contributed by atoms with van der Waals surface area (Å²) in [6, 6.07) is 18.9. The lowest BCUT2D eigenvalue weighted by Crippen LogP contribution is -2.40. The van der Waals surface area contributed by atoms with Crippen LogP contribution in [0.4, 0.5) is 0 Å². The molecule has 1 aromatic heterocycles. The van der Waals surface area contributed by atoms with Crippen molar-refractivity contribution in [3.8, 4) is 11.1 Å². The number of nitrogens with one attached hydrogen (secondary N) is 1. The molecule has 3 heterocycles. The van der Waals surface area contributed by atoms with Gasteiger partial charge in [0.15, 0.2) is 5.69 Å². The first-order valence-electron chi connectivity index (χ1n) is 10.3. The number of rotatable bonds is 6. The van der Waals surface area contributed by atoms with Crippen molar-refractivity contribution in [2.24, 2.45) is 0 Å². The second kappa shape index (κ2) is 8.58. The van der Waals surface area contributed by atoms with Crippen molar-refractivity contribution in [2.75, 3.05) is 20.3 Å². The van der Waals surface area contributed by atoms with E-state index in [0.717, 1.165) is 6.54 Å². The SMILES string of the molecule is COC(=O)c1cn([C@H]2CO[C@H]3[C@@H]2OC[C@@H]3NCc2ccc(-c3ccccc3)cc2)nn1. The van der Waals surface area contributed by atoms with Crippen molar-refractivity contribution in [3.05, 3.63) is 72.1 Å². The van der Waals surface area contributed by atoms with Crippen molar-refractivity contribution in [3.63, 3.8) is 0 Å². The molecule has 2 aromatic carbocycles. The summed E-state index contributed by atoms with van der Waals surface area (Å²) in [5, 5.41) is 11.5. The molecule has 160 valence electrons. The number of ether oxygens (including phenoxy) is 3. The lowest BCUT2D eigenvalue weighted by atomic mass is 10.0. The molecule has 1 N–H and O–H groups in total. The van der Waals surface area contributed by atoms with E-state index in [1.807, 2.05) is 18.2 Å². The van der Waals surface area contributed by atoms with Crippen molar-refractivity contribution in [1.29, 1.82) is 0 Å². The second-order valence-electron chi connectivity index (χ2n) is 7.79. The van der Waals surface area contributed by atoms with Crippen LogP contribution in [0.3, 0.4) is 0 Å². The van der Waals surface area contributed by atoms with Gasteiger partial charge in [-0.25, -0.2) is 9.48 Å². The normalized spacial score (nSPS) is 24.8. The highest BCUT2D eigenvalue weighted by atomic mass is 16.6. The molecule has 0 unspecified atom stereocenters. The van der Waals surface area contributed by atoms with E-state index in [1.165, 1.54) is 23.8 Å². The number of benzene rings is 2. The van der Waals surface area contributed by atoms with E-state index in [1.54, 1.807) is 10.9 Å². The molecule has 0 bridgehead atoms. The third-order valence-electron chi connectivity index (χ3n) is 5.90. The van der Waals surface area contributed by atoms with E-state index < -0.39 is 5.97 Å². The number of hydrogen-bond donors (Lipinski definition) is 1. The molecule has 0 aliphatic carbocycles. The Hall–Kier alpha value is -3.07. The van der Waals surface area contributed by atoms with E-state index in [9.17, 15) is 4.79 Å². The third kappa shape index (κ3) is 3.97. The predicted molar refractivity (Wildman–Crippen MR) is 112 cm³/mol. The number of esters is 1. The van der Waals surface area contributed by atoms with E-state index >= 15 is 0 Å². The molecule has 31 heavy (non-hydrogen) atoms. The fourth-order valence-corrected chi connectivity index (χ4v) is 4.21. The molecule has 8 nitrogen and oxygen atoms in total. The summed E-state index contributed by atoms with van der Waals surface area (Å²) in [5.41, 5.74) is 3.80. The van der Waals surface area contributed by atoms with Crippen LogP contribution in [0, 0.1) is 0 Å². The van der Waals surface area contributed by atoms with Crippen molar-refractivity contribution in [1.82, 2.24) is 20.3 Å². The maximum atomic E-state index is 11.6. The summed E-state index contributed by atoms with van der Waals surface area (Å²) in [6.45, 7) is 1.76. The van der Waals surface area contributed by atoms with Gasteiger partial charge in [0.1, 0.15) is 18.2 Å². The highest BCUT2D eigenvalue weighted by molar-refractivity contribution is 5.86. The monoisotopic (exact) mass is 420 g/mol. The molecule has 2 fully saturated rings. The highest BCUT2D eigenvalue weighted by Crippen LogP contribution is 2.34. The number of hydrogen-bond acceptors (Lipinski definition) is 7. The van der Waals surface area contributed by atoms with Crippen LogP contribution in [-0.2, 0) is 20.8 Å². The largest absolute Gasteiger partial charge is 0.464 e. The number of carbonyl (C=O) groups excluding carboxylic acids is 1. The van der Waals surface area contributed by atoms with Gasteiger partial charge < -0.3 is 19.5 Å². The molecule has 0 spiro atoms. The Morgan fingerprint density at radius 3 is 2.58 bits per heavy atom. The Kier molecular flexibility index (Phi) is 5.50. The van der Waals surface area contributed by atoms with E-state index in [0.29, 0.717) is 13.2 Å². The maximum Gasteiger partial charge on any atom is 0.360 e. The van der Waals surface area contributed by atoms with Gasteiger partial charge in [-0.2, -0.15) is 0 Å². The van der Waals surface area contributed by atoms with Crippen LogP contribution in [0.2, 0.25) is 0 Å². The van der Waals surface area contributed by atoms with Crippen LogP contribution < -0.4 is 5.32 Å². The zero-order valence-corrected chi connectivity index (χ0v) is 17.2. The Morgan fingerprint density at radius 1 is 1.06 bits per heavy atom. The molecule has 4 atom stereocenters. The summed E-state index contributed by atoms with van der Waals surface area (Å²) in [7, 11) is 1.32. The molecule has 0 amide bonds. The van der Waals surface area contributed by atoms with Crippen LogP contribution in [0.15, 0.2) is 60.8 Å². The third-order valence-corrected chi connectivity index (χ3v) is 5.90. The molecule has 8 heteroatoms. The zero-order chi connectivity index (χ0) is 21.2. The second-order valence-corrected chi connectivity index (χ2v) is 7.79. The van der Waals surface area contributed by atoms with E-state index in [-0.39, 0.29) is 30.0 Å². The topological polar surface area (TPSA) is 87.5 Å². The number of nitrogens with zero attached hydrogens (tertiary/aromatic N) is 3. The highest BCUT2D eigenvalue weighted by Gasteiger charge is 2.48. The maximum absolute atomic E-state index is 11.6. The summed E-state index contributed by atoms with van der Waals surface area (Å²) in [4.78, 5) is 11.6. The standard InChI is InChI=1S/C23H24N4O4/c1-29-23(28)18-12-27(26-25-18)20-14-31-21-19(13-30-22(20)21)24-11-15-7-9-17(10-8-15)16-5-3-2-4-6-16/h2-10,12,19-22,24H,11,13-14H2,1H3/t19-,20-,21+,22+/m0/s1. The summed E-state index contributed by atoms with van der Waals surface area (Å²) >= 11 is 0. The van der Waals surface area contributed by atoms with Gasteiger partial charge in [-0.3, -0.25) is 0 Å². The molecular formula is C23H24N4O4. The van der Waals surface area contributed by atoms with Gasteiger partial charge in [-0.1, -0.05) is 59.8 Å². The quantitative estimate of drug-likeness (QED) is 0.612. The average molecular weight is 420 g/mol. The summed E-state index contributed by atoms with van der Waals surface area (Å²) < 4.78 is 18.4. The Labute approximate surface area is 180 Å². The molecule has 0 saturated carbocycles. The lowest BCUT2D eigenvalue weighted by Gasteiger charge is -2.18. The molecule has 5 rings (SSSR count). The predicted octanol–water partition coefficient (Wildman–Crippen LogP) is 2.23. The number of methoxy groups -OCH3 is 1. The lowest BCUT2D eigenvalue weighted by molar-refractivity contribution is 0.0592. The number of aromatic nitrogens is 3. The molecule has 2 aliphatic heterocycles. The smallest absolute Gasteiger partial charge is 0.360 e. The number of carbonyl (C=O) groups is 1. The molecule has 3 aromatic rings. The fourth-order valence-electron chi connectivity index (χ4n) is 4.21. The number of fused-ring (bicyclic) bond motifs is 1. The zero-order valence-electron chi connectivity index (χ0n) is 17.2. The first kappa shape index (κ1) is 19.9. The molecule has 2 aliphatic rings. The fraction of sp³-hybridized carbons (Fsp3) is 0.348. The Balaban J connectivity index is 1.19. The summed E-state index contributed by atoms with van der Waals surface area (Å²) in [5.74, 6) is -0.508. The average Bonchev–Trinajstić information content (AvgIpc) is 3.55. The molecular weight excluding hydrogens is 396 g/mol. The van der Waals surface area contributed by atoms with Crippen LogP contribution in [0.1, 0.15) is 22.1 Å². The van der Waals surface area contributed by atoms with Crippen LogP contribution in [0.5, 0.6) is 0 Å². The van der Waals surface area contributed by atoms with Crippen LogP contribution in [-0.4, -0.2) is 59.5 Å². The van der Waals surface area contributed by atoms with Crippen molar-refractivity contribution in [2.45, 2.75) is 30.8 Å². The first-order chi connectivity index (χ1) is 15.2. The molecule has 2 saturated heterocycles. The minimum Gasteiger partial charge on any atom is -0.464 e. The van der Waals surface area contributed by atoms with Gasteiger partial charge in [-0.15, -0.1) is 5.10 Å². The molecule has 0 radical (unpaired) electrons. The minimum atomic E-state index is -0.508. The van der Waals surface area contributed by atoms with Gasteiger partial charge in [0.2, 0.25) is 0 Å². The van der Waals surface area contributed by atoms with Gasteiger partial charge in [0.05, 0.1) is 32.6 Å². The van der Waals surface area contributed by atoms with Gasteiger partial charge >= 0.3 is 5.97 Å². The van der Waals surface area contributed by atoms with Crippen molar-refractivity contribution < 1.29 is 19.0 Å². The minimum absolute atomic E-state index is 0.0700.